The number of carbonyl (C=O) groups excluding carboxylic acids is 1. The lowest BCUT2D eigenvalue weighted by molar-refractivity contribution is -0.118. The molecular weight excluding hydrogens is 641 g/mol. The Morgan fingerprint density at radius 2 is 1.91 bits per heavy atom. The lowest BCUT2D eigenvalue weighted by Gasteiger charge is -2.15. The number of phosphoric ester groups is 1. The first kappa shape index (κ1) is 32.7. The average Bonchev–Trinajstić information content (AvgIpc) is 3.33. The highest BCUT2D eigenvalue weighted by Gasteiger charge is 2.22. The number of aromatic hydroxyl groups is 1. The zero-order valence-electron chi connectivity index (χ0n) is 24.0. The fourth-order valence-corrected chi connectivity index (χ4v) is 5.45. The summed E-state index contributed by atoms with van der Waals surface area (Å²) in [4.78, 5) is 39.2. The van der Waals surface area contributed by atoms with E-state index >= 15 is 0 Å². The van der Waals surface area contributed by atoms with Crippen LogP contribution in [0.3, 0.4) is 0 Å². The number of phosphoric acid groups is 1. The smallest absolute Gasteiger partial charge is 0.504 e. The van der Waals surface area contributed by atoms with Gasteiger partial charge in [-0.1, -0.05) is 53.5 Å². The van der Waals surface area contributed by atoms with Gasteiger partial charge in [0.15, 0.2) is 17.3 Å². The maximum atomic E-state index is 11.4. The van der Waals surface area contributed by atoms with Crippen molar-refractivity contribution in [3.8, 4) is 11.5 Å². The predicted octanol–water partition coefficient (Wildman–Crippen LogP) is 4.59. The minimum Gasteiger partial charge on any atom is -0.504 e. The third kappa shape index (κ3) is 8.67. The van der Waals surface area contributed by atoms with Gasteiger partial charge in [-0.05, 0) is 43.4 Å². The van der Waals surface area contributed by atoms with Gasteiger partial charge in [0.1, 0.15) is 11.3 Å². The van der Waals surface area contributed by atoms with E-state index < -0.39 is 7.82 Å². The predicted molar refractivity (Wildman–Crippen MR) is 168 cm³/mol. The third-order valence-electron chi connectivity index (χ3n) is 6.89. The number of phenolic OH excluding ortho intramolecular Hbond substituents is 1. The maximum Gasteiger partial charge on any atom is 0.524 e. The van der Waals surface area contributed by atoms with Crippen molar-refractivity contribution < 1.29 is 33.5 Å². The van der Waals surface area contributed by atoms with E-state index in [4.69, 9.17) is 20.0 Å². The van der Waals surface area contributed by atoms with E-state index in [1.165, 1.54) is 6.07 Å². The zero-order chi connectivity index (χ0) is 31.0. The number of hydrogen-bond acceptors (Lipinski definition) is 8. The number of nitrogens with zero attached hydrogens (tertiary/aromatic N) is 3. The number of unbranched alkanes of at least 4 members (excludes halogenated alkanes) is 1. The second-order valence-corrected chi connectivity index (χ2v) is 11.9. The minimum absolute atomic E-state index is 0.0387. The fraction of sp³-hybridized carbons (Fsp3) is 0.414. The van der Waals surface area contributed by atoms with Crippen molar-refractivity contribution in [3.05, 3.63) is 53.3 Å². The molecule has 0 spiro atoms. The first-order chi connectivity index (χ1) is 20.6. The summed E-state index contributed by atoms with van der Waals surface area (Å²) in [7, 11) is -4.86. The monoisotopic (exact) mass is 677 g/mol. The Hall–Kier alpha value is -3.22. The number of fused-ring (bicyclic) bond motifs is 3. The number of nitrogens with one attached hydrogen (secondary N) is 1. The van der Waals surface area contributed by atoms with Crippen LogP contribution in [-0.4, -0.2) is 60.4 Å². The summed E-state index contributed by atoms with van der Waals surface area (Å²) in [5.41, 5.74) is 9.97. The van der Waals surface area contributed by atoms with Crippen molar-refractivity contribution in [1.82, 2.24) is 19.9 Å². The number of aryl methyl sites for hydroxylation is 2. The molecule has 2 heterocycles. The number of carbonyl (C=O) groups is 1. The van der Waals surface area contributed by atoms with Crippen molar-refractivity contribution >= 4 is 57.4 Å². The topological polar surface area (TPSA) is 182 Å². The van der Waals surface area contributed by atoms with Crippen molar-refractivity contribution in [2.45, 2.75) is 52.0 Å². The molecule has 14 heteroatoms. The summed E-state index contributed by atoms with van der Waals surface area (Å²) in [6.45, 7) is 4.02. The van der Waals surface area contributed by atoms with E-state index in [2.05, 4.69) is 33.2 Å². The molecule has 0 fully saturated rings. The van der Waals surface area contributed by atoms with Gasteiger partial charge in [0, 0.05) is 37.1 Å². The largest absolute Gasteiger partial charge is 0.524 e. The fourth-order valence-electron chi connectivity index (χ4n) is 4.85. The maximum absolute atomic E-state index is 11.4. The van der Waals surface area contributed by atoms with Gasteiger partial charge in [-0.15, -0.1) is 0 Å². The quantitative estimate of drug-likeness (QED) is 0.0639. The van der Waals surface area contributed by atoms with Crippen LogP contribution in [0.1, 0.15) is 49.6 Å². The van der Waals surface area contributed by atoms with E-state index in [1.807, 2.05) is 22.8 Å². The molecule has 6 N–H and O–H groups in total. The number of benzene rings is 2. The number of ether oxygens (including phenoxy) is 1. The van der Waals surface area contributed by atoms with Gasteiger partial charge >= 0.3 is 7.82 Å². The number of anilines is 1. The SMILES string of the molecule is CCCCc1nc2c(N)nc3cc(CCCOCCCNC(=O)CBr)ccc3c2n1Cc1cccc(OP(=O)(O)O)c1O. The van der Waals surface area contributed by atoms with E-state index in [0.717, 1.165) is 59.9 Å². The molecule has 2 aromatic carbocycles. The van der Waals surface area contributed by atoms with Crippen molar-refractivity contribution in [2.24, 2.45) is 0 Å². The Bertz CT molecular complexity index is 1620. The molecule has 2 aromatic heterocycles. The van der Waals surface area contributed by atoms with Crippen LogP contribution in [0.15, 0.2) is 36.4 Å². The van der Waals surface area contributed by atoms with E-state index in [9.17, 15) is 24.3 Å². The Morgan fingerprint density at radius 3 is 2.65 bits per heavy atom. The van der Waals surface area contributed by atoms with Crippen LogP contribution in [0.4, 0.5) is 5.82 Å². The second-order valence-electron chi connectivity index (χ2n) is 10.2. The Kier molecular flexibility index (Phi) is 11.4. The van der Waals surface area contributed by atoms with Crippen LogP contribution in [0.2, 0.25) is 0 Å². The standard InChI is InChI=1S/C29H37BrN5O7P/c1-2-3-10-24-34-26-27(35(24)18-20-8-4-9-23(28(20)37)42-43(38,39)40)21-12-11-19(16-22(21)33-29(26)31)7-5-14-41-15-6-13-32-25(36)17-30/h4,8-9,11-12,16,37H,2-3,5-7,10,13-15,17-18H2,1H3,(H2,31,33)(H,32,36)(H2,38,39,40). The van der Waals surface area contributed by atoms with Crippen LogP contribution < -0.4 is 15.6 Å². The molecule has 43 heavy (non-hydrogen) atoms. The highest BCUT2D eigenvalue weighted by molar-refractivity contribution is 9.09. The van der Waals surface area contributed by atoms with E-state index in [1.54, 1.807) is 12.1 Å². The number of nitrogen functional groups attached to an aromatic ring is 1. The molecule has 0 aliphatic heterocycles. The molecule has 0 bridgehead atoms. The molecule has 0 atom stereocenters. The number of imidazole rings is 1. The van der Waals surface area contributed by atoms with Gasteiger partial charge in [0.25, 0.3) is 0 Å². The summed E-state index contributed by atoms with van der Waals surface area (Å²) in [6.07, 6.45) is 4.88. The van der Waals surface area contributed by atoms with E-state index in [0.29, 0.717) is 48.4 Å². The lowest BCUT2D eigenvalue weighted by Crippen LogP contribution is -2.26. The molecule has 0 unspecified atom stereocenters. The van der Waals surface area contributed by atoms with Crippen LogP contribution in [0, 0.1) is 0 Å². The number of rotatable bonds is 16. The Balaban J connectivity index is 1.57. The zero-order valence-corrected chi connectivity index (χ0v) is 26.4. The molecule has 232 valence electrons. The van der Waals surface area contributed by atoms with Crippen LogP contribution in [0.5, 0.6) is 11.5 Å². The van der Waals surface area contributed by atoms with Gasteiger partial charge in [0.2, 0.25) is 5.91 Å². The molecule has 1 amide bonds. The number of hydrogen-bond donors (Lipinski definition) is 5. The normalized spacial score (nSPS) is 11.8. The Morgan fingerprint density at radius 1 is 1.12 bits per heavy atom. The molecule has 12 nitrogen and oxygen atoms in total. The highest BCUT2D eigenvalue weighted by atomic mass is 79.9. The number of alkyl halides is 1. The molecule has 0 saturated carbocycles. The van der Waals surface area contributed by atoms with Crippen molar-refractivity contribution in [1.29, 1.82) is 0 Å². The third-order valence-corrected chi connectivity index (χ3v) is 7.84. The average molecular weight is 679 g/mol. The number of pyridine rings is 1. The van der Waals surface area contributed by atoms with E-state index in [-0.39, 0.29) is 24.0 Å². The van der Waals surface area contributed by atoms with Gasteiger partial charge in [0.05, 0.1) is 22.9 Å². The number of halogens is 1. The molecule has 0 aliphatic carbocycles. The van der Waals surface area contributed by atoms with Crippen molar-refractivity contribution in [3.63, 3.8) is 0 Å². The van der Waals surface area contributed by atoms with Crippen LogP contribution >= 0.6 is 23.8 Å². The number of aromatic nitrogens is 3. The second kappa shape index (κ2) is 15.0. The van der Waals surface area contributed by atoms with Gasteiger partial charge in [-0.25, -0.2) is 14.5 Å². The van der Waals surface area contributed by atoms with Gasteiger partial charge < -0.3 is 30.0 Å². The summed E-state index contributed by atoms with van der Waals surface area (Å²) in [5, 5.41) is 14.8. The molecule has 0 radical (unpaired) electrons. The van der Waals surface area contributed by atoms with Crippen LogP contribution in [-0.2, 0) is 33.5 Å². The van der Waals surface area contributed by atoms with Crippen LogP contribution in [0.25, 0.3) is 21.9 Å². The summed E-state index contributed by atoms with van der Waals surface area (Å²) < 4.78 is 23.8. The van der Waals surface area contributed by atoms with Crippen molar-refractivity contribution in [2.75, 3.05) is 30.8 Å². The number of amides is 1. The molecular formula is C29H37BrN5O7P. The number of para-hydroxylation sites is 1. The first-order valence-corrected chi connectivity index (χ1v) is 16.8. The van der Waals surface area contributed by atoms with Gasteiger partial charge in [-0.3, -0.25) is 14.6 Å². The highest BCUT2D eigenvalue weighted by Crippen LogP contribution is 2.43. The lowest BCUT2D eigenvalue weighted by atomic mass is 10.1. The summed E-state index contributed by atoms with van der Waals surface area (Å²) in [6, 6.07) is 10.6. The number of phenols is 1. The van der Waals surface area contributed by atoms with Gasteiger partial charge in [-0.2, -0.15) is 0 Å². The molecule has 0 saturated heterocycles. The first-order valence-electron chi connectivity index (χ1n) is 14.1. The Labute approximate surface area is 258 Å². The summed E-state index contributed by atoms with van der Waals surface area (Å²) >= 11 is 3.12. The minimum atomic E-state index is -4.86. The molecule has 4 rings (SSSR count). The molecule has 0 aliphatic rings. The number of nitrogens with two attached hydrogens (primary N) is 1. The summed E-state index contributed by atoms with van der Waals surface area (Å²) in [5.74, 6) is 0.379. The molecule has 4 aromatic rings.